The van der Waals surface area contributed by atoms with Gasteiger partial charge in [-0.05, 0) is 48.6 Å². The predicted octanol–water partition coefficient (Wildman–Crippen LogP) is 5.18. The van der Waals surface area contributed by atoms with Crippen molar-refractivity contribution in [3.8, 4) is 5.75 Å². The Morgan fingerprint density at radius 3 is 2.64 bits per heavy atom. The molecule has 1 spiro atoms. The van der Waals surface area contributed by atoms with E-state index >= 15 is 0 Å². The third kappa shape index (κ3) is 4.18. The standard InChI is InChI=1S/C27H21ClN4O5S2/c1-37-22-11-4-2-7-17(22)13-14-18-16-27(32(30-18)19-8-6-9-20(15-19)39(34,35)36)24(28)25(33)31(27)26-29-21-10-3-5-12-23(21)38-26/h2-15,24H,16H2,1H3,(H,34,35,36). The molecular weight excluding hydrogens is 560 g/mol. The van der Waals surface area contributed by atoms with Crippen LogP contribution < -0.4 is 14.6 Å². The highest BCUT2D eigenvalue weighted by Gasteiger charge is 2.67. The normalized spacial score (nSPS) is 21.2. The number of aromatic nitrogens is 1. The van der Waals surface area contributed by atoms with Gasteiger partial charge in [0.25, 0.3) is 16.0 Å². The molecule has 2 aliphatic heterocycles. The lowest BCUT2D eigenvalue weighted by molar-refractivity contribution is -0.126. The first kappa shape index (κ1) is 25.5. The summed E-state index contributed by atoms with van der Waals surface area (Å²) in [5.74, 6) is 0.349. The molecule has 1 N–H and O–H groups in total. The van der Waals surface area contributed by atoms with Crippen molar-refractivity contribution in [3.05, 3.63) is 84.4 Å². The second-order valence-electron chi connectivity index (χ2n) is 9.01. The fourth-order valence-electron chi connectivity index (χ4n) is 4.87. The molecule has 39 heavy (non-hydrogen) atoms. The van der Waals surface area contributed by atoms with E-state index in [1.165, 1.54) is 34.4 Å². The van der Waals surface area contributed by atoms with E-state index in [0.29, 0.717) is 22.3 Å². The summed E-state index contributed by atoms with van der Waals surface area (Å²) < 4.78 is 39.8. The van der Waals surface area contributed by atoms with Crippen molar-refractivity contribution >= 4 is 71.8 Å². The number of allylic oxidation sites excluding steroid dienone is 1. The van der Waals surface area contributed by atoms with Crippen molar-refractivity contribution in [2.24, 2.45) is 5.10 Å². The zero-order chi connectivity index (χ0) is 27.4. The highest BCUT2D eigenvalue weighted by atomic mass is 35.5. The topological polar surface area (TPSA) is 112 Å². The summed E-state index contributed by atoms with van der Waals surface area (Å²) in [6, 6.07) is 20.8. The molecule has 3 aromatic carbocycles. The first-order valence-corrected chi connectivity index (χ1v) is 14.5. The van der Waals surface area contributed by atoms with Gasteiger partial charge in [-0.1, -0.05) is 47.7 Å². The van der Waals surface area contributed by atoms with Crippen LogP contribution in [0.5, 0.6) is 5.75 Å². The van der Waals surface area contributed by atoms with Gasteiger partial charge in [0, 0.05) is 12.0 Å². The van der Waals surface area contributed by atoms with E-state index < -0.39 is 21.2 Å². The maximum absolute atomic E-state index is 13.3. The molecule has 0 aliphatic carbocycles. The quantitative estimate of drug-likeness (QED) is 0.190. The Bertz CT molecular complexity index is 1750. The summed E-state index contributed by atoms with van der Waals surface area (Å²) in [6.45, 7) is 0. The van der Waals surface area contributed by atoms with Crippen LogP contribution in [0.3, 0.4) is 0 Å². The number of hydrogen-bond acceptors (Lipinski definition) is 8. The number of para-hydroxylation sites is 2. The number of rotatable bonds is 6. The van der Waals surface area contributed by atoms with Crippen molar-refractivity contribution in [1.29, 1.82) is 0 Å². The third-order valence-corrected chi connectivity index (χ3v) is 9.10. The van der Waals surface area contributed by atoms with Crippen LogP contribution >= 0.6 is 22.9 Å². The maximum atomic E-state index is 13.3. The number of methoxy groups -OCH3 is 1. The summed E-state index contributed by atoms with van der Waals surface area (Å²) in [5.41, 5.74) is 1.33. The fourth-order valence-corrected chi connectivity index (χ4v) is 6.80. The number of amides is 1. The third-order valence-electron chi connectivity index (χ3n) is 6.69. The Morgan fingerprint density at radius 1 is 1.10 bits per heavy atom. The Kier molecular flexibility index (Phi) is 6.18. The Hall–Kier alpha value is -3.77. The van der Waals surface area contributed by atoms with Crippen LogP contribution in [0.15, 0.2) is 88.9 Å². The number of alkyl halides is 1. The largest absolute Gasteiger partial charge is 0.496 e. The van der Waals surface area contributed by atoms with E-state index in [9.17, 15) is 17.8 Å². The van der Waals surface area contributed by atoms with Crippen molar-refractivity contribution < 1.29 is 22.5 Å². The van der Waals surface area contributed by atoms with Gasteiger partial charge in [0.15, 0.2) is 16.2 Å². The molecule has 0 radical (unpaired) electrons. The van der Waals surface area contributed by atoms with Gasteiger partial charge in [-0.15, -0.1) is 11.6 Å². The fraction of sp³-hybridized carbons (Fsp3) is 0.148. The van der Waals surface area contributed by atoms with E-state index in [0.717, 1.165) is 15.8 Å². The number of β-lactam (4-membered cyclic amide) rings is 1. The summed E-state index contributed by atoms with van der Waals surface area (Å²) in [5, 5.41) is 5.79. The van der Waals surface area contributed by atoms with Gasteiger partial charge in [-0.25, -0.2) is 9.99 Å². The van der Waals surface area contributed by atoms with Gasteiger partial charge in [0.05, 0.1) is 33.6 Å². The van der Waals surface area contributed by atoms with E-state index in [-0.39, 0.29) is 17.2 Å². The average molecular weight is 581 g/mol. The van der Waals surface area contributed by atoms with Crippen LogP contribution in [-0.2, 0) is 14.9 Å². The number of hydrazone groups is 1. The van der Waals surface area contributed by atoms with Crippen LogP contribution in [0.1, 0.15) is 12.0 Å². The summed E-state index contributed by atoms with van der Waals surface area (Å²) in [4.78, 5) is 19.2. The summed E-state index contributed by atoms with van der Waals surface area (Å²) in [7, 11) is -2.89. The van der Waals surface area contributed by atoms with Gasteiger partial charge in [0.1, 0.15) is 5.75 Å². The summed E-state index contributed by atoms with van der Waals surface area (Å²) in [6.07, 6.45) is 3.91. The smallest absolute Gasteiger partial charge is 0.294 e. The van der Waals surface area contributed by atoms with Gasteiger partial charge in [-0.3, -0.25) is 14.2 Å². The molecule has 3 heterocycles. The number of benzene rings is 3. The molecule has 12 heteroatoms. The SMILES string of the molecule is COc1ccccc1C=CC1=NN(c2cccc(S(=O)(=O)O)c2)C2(C1)C(Cl)C(=O)N2c1nc2ccccc2s1. The molecule has 1 saturated heterocycles. The minimum atomic E-state index is -4.48. The highest BCUT2D eigenvalue weighted by molar-refractivity contribution is 7.85. The van der Waals surface area contributed by atoms with Crippen molar-refractivity contribution in [1.82, 2.24) is 4.98 Å². The van der Waals surface area contributed by atoms with Crippen LogP contribution in [0.4, 0.5) is 10.8 Å². The molecule has 0 saturated carbocycles. The van der Waals surface area contributed by atoms with E-state index in [1.54, 1.807) is 18.2 Å². The van der Waals surface area contributed by atoms with Crippen molar-refractivity contribution in [2.45, 2.75) is 22.4 Å². The lowest BCUT2D eigenvalue weighted by Crippen LogP contribution is -2.78. The monoisotopic (exact) mass is 580 g/mol. The predicted molar refractivity (Wildman–Crippen MR) is 152 cm³/mol. The minimum absolute atomic E-state index is 0.241. The minimum Gasteiger partial charge on any atom is -0.496 e. The molecule has 2 atom stereocenters. The number of carbonyl (C=O) groups is 1. The maximum Gasteiger partial charge on any atom is 0.294 e. The lowest BCUT2D eigenvalue weighted by atomic mass is 9.87. The van der Waals surface area contributed by atoms with E-state index in [1.807, 2.05) is 60.7 Å². The highest BCUT2D eigenvalue weighted by Crippen LogP contribution is 2.51. The molecule has 1 fully saturated rings. The number of nitrogens with zero attached hydrogens (tertiary/aromatic N) is 4. The molecule has 1 amide bonds. The molecular formula is C27H21ClN4O5S2. The molecule has 6 rings (SSSR count). The van der Waals surface area contributed by atoms with Crippen LogP contribution in [0, 0.1) is 0 Å². The van der Waals surface area contributed by atoms with Crippen LogP contribution in [0.25, 0.3) is 16.3 Å². The molecule has 4 aromatic rings. The lowest BCUT2D eigenvalue weighted by Gasteiger charge is -2.55. The molecule has 0 bridgehead atoms. The van der Waals surface area contributed by atoms with Gasteiger partial charge in [-0.2, -0.15) is 13.5 Å². The average Bonchev–Trinajstić information content (AvgIpc) is 3.54. The van der Waals surface area contributed by atoms with Crippen molar-refractivity contribution in [2.75, 3.05) is 17.0 Å². The first-order chi connectivity index (χ1) is 18.7. The van der Waals surface area contributed by atoms with E-state index in [4.69, 9.17) is 21.4 Å². The Labute approximate surface area is 233 Å². The molecule has 9 nitrogen and oxygen atoms in total. The Morgan fingerprint density at radius 2 is 1.87 bits per heavy atom. The summed E-state index contributed by atoms with van der Waals surface area (Å²) >= 11 is 8.13. The van der Waals surface area contributed by atoms with Crippen molar-refractivity contribution in [3.63, 3.8) is 0 Å². The number of thiazole rings is 1. The molecule has 2 unspecified atom stereocenters. The number of hydrogen-bond donors (Lipinski definition) is 1. The number of fused-ring (bicyclic) bond motifs is 1. The van der Waals surface area contributed by atoms with E-state index in [2.05, 4.69) is 4.98 Å². The molecule has 198 valence electrons. The molecule has 2 aliphatic rings. The first-order valence-electron chi connectivity index (χ1n) is 11.8. The Balaban J connectivity index is 1.47. The number of anilines is 2. The second-order valence-corrected chi connectivity index (χ2v) is 11.9. The zero-order valence-electron chi connectivity index (χ0n) is 20.4. The van der Waals surface area contributed by atoms with Crippen LogP contribution in [0.2, 0.25) is 0 Å². The van der Waals surface area contributed by atoms with Gasteiger partial charge >= 0.3 is 0 Å². The van der Waals surface area contributed by atoms with Gasteiger partial charge < -0.3 is 4.74 Å². The molecule has 1 aromatic heterocycles. The van der Waals surface area contributed by atoms with Gasteiger partial charge in [0.2, 0.25) is 0 Å². The zero-order valence-corrected chi connectivity index (χ0v) is 22.8. The number of halogens is 1. The van der Waals surface area contributed by atoms with Crippen LogP contribution in [-0.4, -0.2) is 47.7 Å². The number of carbonyl (C=O) groups excluding carboxylic acids is 1. The number of ether oxygens (including phenoxy) is 1. The second kappa shape index (κ2) is 9.45.